The summed E-state index contributed by atoms with van der Waals surface area (Å²) in [5.41, 5.74) is 4.44. The predicted octanol–water partition coefficient (Wildman–Crippen LogP) is 3.45. The van der Waals surface area contributed by atoms with E-state index in [0.29, 0.717) is 19.4 Å². The number of aryl methyl sites for hydroxylation is 1. The Bertz CT molecular complexity index is 982. The van der Waals surface area contributed by atoms with Crippen LogP contribution in [-0.2, 0) is 15.6 Å². The highest BCUT2D eigenvalue weighted by molar-refractivity contribution is 8.13. The zero-order valence-corrected chi connectivity index (χ0v) is 15.2. The minimum Gasteiger partial charge on any atom is -0.329 e. The first kappa shape index (κ1) is 17.1. The molecule has 0 fully saturated rings. The Hall–Kier alpha value is -1.73. The molecule has 3 aromatic rings. The standard InChI is InChI=1S/C16H19ClN4O2S/c1-11(2)13-15-16(14-12(20-13)6-5-7-18-14)21(10-19-15)8-3-4-9-24(17,22)23/h5-7,10-11H,3-4,8-9H2,1-2H3. The summed E-state index contributed by atoms with van der Waals surface area (Å²) in [6, 6.07) is 3.82. The summed E-state index contributed by atoms with van der Waals surface area (Å²) in [5.74, 6) is 0.237. The average molecular weight is 367 g/mol. The summed E-state index contributed by atoms with van der Waals surface area (Å²) >= 11 is 0. The molecule has 3 rings (SSSR count). The lowest BCUT2D eigenvalue weighted by atomic mass is 10.1. The molecule has 0 atom stereocenters. The van der Waals surface area contributed by atoms with Crippen molar-refractivity contribution in [2.24, 2.45) is 0 Å². The first-order valence-corrected chi connectivity index (χ1v) is 10.4. The van der Waals surface area contributed by atoms with Crippen molar-refractivity contribution in [1.82, 2.24) is 19.5 Å². The van der Waals surface area contributed by atoms with Crippen LogP contribution in [0.3, 0.4) is 0 Å². The van der Waals surface area contributed by atoms with Crippen molar-refractivity contribution in [2.75, 3.05) is 5.75 Å². The first-order chi connectivity index (χ1) is 11.4. The van der Waals surface area contributed by atoms with E-state index in [4.69, 9.17) is 15.7 Å². The van der Waals surface area contributed by atoms with E-state index in [2.05, 4.69) is 23.8 Å². The molecule has 128 valence electrons. The fraction of sp³-hybridized carbons (Fsp3) is 0.438. The first-order valence-electron chi connectivity index (χ1n) is 7.88. The van der Waals surface area contributed by atoms with Gasteiger partial charge in [-0.1, -0.05) is 13.8 Å². The molecule has 3 aromatic heterocycles. The Balaban J connectivity index is 2.00. The molecule has 0 N–H and O–H groups in total. The highest BCUT2D eigenvalue weighted by atomic mass is 35.7. The van der Waals surface area contributed by atoms with Gasteiger partial charge in [0, 0.05) is 23.4 Å². The molecule has 0 unspecified atom stereocenters. The number of imidazole rings is 1. The number of nitrogens with zero attached hydrogens (tertiary/aromatic N) is 4. The number of hydrogen-bond donors (Lipinski definition) is 0. The molecule has 6 nitrogen and oxygen atoms in total. The predicted molar refractivity (Wildman–Crippen MR) is 95.8 cm³/mol. The van der Waals surface area contributed by atoms with Gasteiger partial charge in [-0.3, -0.25) is 4.98 Å². The summed E-state index contributed by atoms with van der Waals surface area (Å²) < 4.78 is 24.1. The van der Waals surface area contributed by atoms with E-state index >= 15 is 0 Å². The van der Waals surface area contributed by atoms with Crippen LogP contribution in [0.5, 0.6) is 0 Å². The van der Waals surface area contributed by atoms with Crippen LogP contribution in [-0.4, -0.2) is 33.7 Å². The van der Waals surface area contributed by atoms with Crippen LogP contribution in [0.2, 0.25) is 0 Å². The fourth-order valence-electron chi connectivity index (χ4n) is 2.80. The molecule has 0 bridgehead atoms. The lowest BCUT2D eigenvalue weighted by Crippen LogP contribution is -2.03. The van der Waals surface area contributed by atoms with Gasteiger partial charge in [-0.15, -0.1) is 0 Å². The molecule has 0 aliphatic carbocycles. The number of rotatable bonds is 6. The lowest BCUT2D eigenvalue weighted by Gasteiger charge is -2.10. The number of aromatic nitrogens is 4. The second-order valence-corrected chi connectivity index (χ2v) is 9.00. The Morgan fingerprint density at radius 3 is 2.71 bits per heavy atom. The van der Waals surface area contributed by atoms with Gasteiger partial charge in [-0.2, -0.15) is 0 Å². The molecule has 24 heavy (non-hydrogen) atoms. The maximum atomic E-state index is 11.0. The molecule has 0 saturated carbocycles. The van der Waals surface area contributed by atoms with Crippen molar-refractivity contribution in [1.29, 1.82) is 0 Å². The molecule has 0 spiro atoms. The zero-order chi connectivity index (χ0) is 17.3. The second kappa shape index (κ2) is 6.64. The van der Waals surface area contributed by atoms with E-state index in [1.807, 2.05) is 16.7 Å². The highest BCUT2D eigenvalue weighted by Gasteiger charge is 2.16. The number of fused-ring (bicyclic) bond motifs is 3. The largest absolute Gasteiger partial charge is 0.329 e. The van der Waals surface area contributed by atoms with Gasteiger partial charge in [0.25, 0.3) is 0 Å². The monoisotopic (exact) mass is 366 g/mol. The number of hydrogen-bond acceptors (Lipinski definition) is 5. The van der Waals surface area contributed by atoms with Crippen molar-refractivity contribution in [2.45, 2.75) is 39.2 Å². The van der Waals surface area contributed by atoms with Crippen molar-refractivity contribution in [3.8, 4) is 0 Å². The summed E-state index contributed by atoms with van der Waals surface area (Å²) in [6.45, 7) is 4.85. The maximum Gasteiger partial charge on any atom is 0.232 e. The van der Waals surface area contributed by atoms with Gasteiger partial charge >= 0.3 is 0 Å². The fourth-order valence-corrected chi connectivity index (χ4v) is 3.68. The third-order valence-corrected chi connectivity index (χ3v) is 5.16. The Labute approximate surface area is 145 Å². The SMILES string of the molecule is CC(C)c1nc2cccnc2c2c1ncn2CCCCS(=O)(=O)Cl. The van der Waals surface area contributed by atoms with Crippen molar-refractivity contribution in [3.05, 3.63) is 30.4 Å². The van der Waals surface area contributed by atoms with Crippen LogP contribution in [0.15, 0.2) is 24.7 Å². The van der Waals surface area contributed by atoms with Gasteiger partial charge in [0.2, 0.25) is 9.05 Å². The molecule has 8 heteroatoms. The van der Waals surface area contributed by atoms with Crippen LogP contribution >= 0.6 is 10.7 Å². The van der Waals surface area contributed by atoms with Crippen LogP contribution in [0.4, 0.5) is 0 Å². The van der Waals surface area contributed by atoms with Crippen LogP contribution < -0.4 is 0 Å². The van der Waals surface area contributed by atoms with Gasteiger partial charge < -0.3 is 4.57 Å². The number of pyridine rings is 2. The molecule has 0 aromatic carbocycles. The van der Waals surface area contributed by atoms with Gasteiger partial charge in [0.05, 0.1) is 28.8 Å². The normalized spacial score (nSPS) is 12.5. The minimum absolute atomic E-state index is 0.0149. The zero-order valence-electron chi connectivity index (χ0n) is 13.6. The van der Waals surface area contributed by atoms with Gasteiger partial charge in [0.1, 0.15) is 11.0 Å². The second-order valence-electron chi connectivity index (χ2n) is 6.11. The van der Waals surface area contributed by atoms with Crippen molar-refractivity contribution in [3.63, 3.8) is 0 Å². The summed E-state index contributed by atoms with van der Waals surface area (Å²) in [5, 5.41) is 0. The van der Waals surface area contributed by atoms with Crippen molar-refractivity contribution >= 4 is 41.8 Å². The minimum atomic E-state index is -3.44. The van der Waals surface area contributed by atoms with E-state index in [1.165, 1.54) is 0 Å². The van der Waals surface area contributed by atoms with E-state index in [-0.39, 0.29) is 11.7 Å². The number of halogens is 1. The molecular weight excluding hydrogens is 348 g/mol. The quantitative estimate of drug-likeness (QED) is 0.493. The van der Waals surface area contributed by atoms with Crippen LogP contribution in [0.1, 0.15) is 38.3 Å². The molecule has 0 aliphatic heterocycles. The average Bonchev–Trinajstić information content (AvgIpc) is 2.94. The summed E-state index contributed by atoms with van der Waals surface area (Å²) in [7, 11) is 1.82. The highest BCUT2D eigenvalue weighted by Crippen LogP contribution is 2.28. The molecule has 0 aliphatic rings. The summed E-state index contributed by atoms with van der Waals surface area (Å²) in [6.07, 6.45) is 4.74. The molecular formula is C16H19ClN4O2S. The third-order valence-electron chi connectivity index (χ3n) is 3.92. The van der Waals surface area contributed by atoms with Crippen LogP contribution in [0.25, 0.3) is 22.1 Å². The Morgan fingerprint density at radius 1 is 1.21 bits per heavy atom. The molecule has 0 radical (unpaired) electrons. The Kier molecular flexibility index (Phi) is 4.73. The maximum absolute atomic E-state index is 11.0. The van der Waals surface area contributed by atoms with Crippen LogP contribution in [0, 0.1) is 0 Å². The van der Waals surface area contributed by atoms with E-state index < -0.39 is 9.05 Å². The molecule has 3 heterocycles. The smallest absolute Gasteiger partial charge is 0.232 e. The van der Waals surface area contributed by atoms with Crippen molar-refractivity contribution < 1.29 is 8.42 Å². The van der Waals surface area contributed by atoms with E-state index in [1.54, 1.807) is 12.5 Å². The van der Waals surface area contributed by atoms with E-state index in [9.17, 15) is 8.42 Å². The summed E-state index contributed by atoms with van der Waals surface area (Å²) in [4.78, 5) is 13.7. The third kappa shape index (κ3) is 3.52. The van der Waals surface area contributed by atoms with E-state index in [0.717, 1.165) is 27.8 Å². The molecule has 0 saturated heterocycles. The van der Waals surface area contributed by atoms with Gasteiger partial charge in [0.15, 0.2) is 0 Å². The van der Waals surface area contributed by atoms with Gasteiger partial charge in [-0.25, -0.2) is 18.4 Å². The topological polar surface area (TPSA) is 77.7 Å². The lowest BCUT2D eigenvalue weighted by molar-refractivity contribution is 0.597. The van der Waals surface area contributed by atoms with Gasteiger partial charge in [-0.05, 0) is 30.9 Å². The number of unbranched alkanes of at least 4 members (excludes halogenated alkanes) is 1. The molecule has 0 amide bonds. The Morgan fingerprint density at radius 2 is 2.00 bits per heavy atom.